The molecular weight excluding hydrogens is 318 g/mol. The Morgan fingerprint density at radius 1 is 1.18 bits per heavy atom. The van der Waals surface area contributed by atoms with Crippen LogP contribution >= 0.6 is 22.9 Å². The van der Waals surface area contributed by atoms with Gasteiger partial charge in [0.05, 0.1) is 6.54 Å². The number of carbonyl (C=O) groups is 1. The van der Waals surface area contributed by atoms with Crippen molar-refractivity contribution in [1.82, 2.24) is 10.2 Å². The summed E-state index contributed by atoms with van der Waals surface area (Å²) in [5.41, 5.74) is 1.12. The number of carbonyl (C=O) groups excluding carboxylic acids is 1. The molecule has 116 valence electrons. The molecule has 2 heterocycles. The third-order valence-electron chi connectivity index (χ3n) is 3.73. The minimum atomic E-state index is 0.0131. The summed E-state index contributed by atoms with van der Waals surface area (Å²) in [5, 5.41) is 5.74. The van der Waals surface area contributed by atoms with E-state index in [9.17, 15) is 4.79 Å². The number of benzene rings is 1. The lowest BCUT2D eigenvalue weighted by molar-refractivity contribution is 0.194. The number of halogens is 1. The van der Waals surface area contributed by atoms with Gasteiger partial charge in [-0.1, -0.05) is 23.7 Å². The van der Waals surface area contributed by atoms with E-state index in [1.807, 2.05) is 40.6 Å². The fourth-order valence-electron chi connectivity index (χ4n) is 2.53. The Hall–Kier alpha value is -1.72. The van der Waals surface area contributed by atoms with Crippen molar-refractivity contribution in [3.63, 3.8) is 0 Å². The molecule has 0 bridgehead atoms. The first-order valence-corrected chi connectivity index (χ1v) is 8.54. The van der Waals surface area contributed by atoms with E-state index in [2.05, 4.69) is 16.3 Å². The highest BCUT2D eigenvalue weighted by Crippen LogP contribution is 2.20. The number of thiophene rings is 1. The molecule has 2 amide bonds. The van der Waals surface area contributed by atoms with Crippen molar-refractivity contribution in [1.29, 1.82) is 0 Å². The van der Waals surface area contributed by atoms with Crippen molar-refractivity contribution in [3.8, 4) is 0 Å². The van der Waals surface area contributed by atoms with E-state index < -0.39 is 0 Å². The summed E-state index contributed by atoms with van der Waals surface area (Å²) in [6.07, 6.45) is 0. The molecule has 0 saturated carbocycles. The first-order chi connectivity index (χ1) is 10.7. The van der Waals surface area contributed by atoms with Gasteiger partial charge in [0.2, 0.25) is 0 Å². The Kier molecular flexibility index (Phi) is 4.85. The molecule has 2 aromatic rings. The molecule has 0 aliphatic carbocycles. The zero-order valence-corrected chi connectivity index (χ0v) is 13.7. The number of nitrogens with zero attached hydrogens (tertiary/aromatic N) is 2. The van der Waals surface area contributed by atoms with Crippen LogP contribution in [0.25, 0.3) is 0 Å². The fourth-order valence-corrected chi connectivity index (χ4v) is 3.36. The maximum Gasteiger partial charge on any atom is 0.317 e. The van der Waals surface area contributed by atoms with Crippen LogP contribution in [-0.4, -0.2) is 37.1 Å². The van der Waals surface area contributed by atoms with Crippen LogP contribution in [0.2, 0.25) is 5.02 Å². The molecule has 0 spiro atoms. The molecule has 0 unspecified atom stereocenters. The molecular formula is C16H18ClN3OS. The third kappa shape index (κ3) is 3.72. The number of anilines is 1. The van der Waals surface area contributed by atoms with E-state index in [1.54, 1.807) is 11.3 Å². The van der Waals surface area contributed by atoms with Gasteiger partial charge in [0.15, 0.2) is 0 Å². The first-order valence-electron chi connectivity index (χ1n) is 7.28. The Balaban J connectivity index is 1.49. The van der Waals surface area contributed by atoms with E-state index in [0.717, 1.165) is 36.9 Å². The summed E-state index contributed by atoms with van der Waals surface area (Å²) in [7, 11) is 0. The topological polar surface area (TPSA) is 35.6 Å². The van der Waals surface area contributed by atoms with Crippen LogP contribution in [-0.2, 0) is 6.54 Å². The second-order valence-electron chi connectivity index (χ2n) is 5.19. The molecule has 1 aliphatic heterocycles. The second kappa shape index (κ2) is 7.03. The highest BCUT2D eigenvalue weighted by Gasteiger charge is 2.21. The number of amides is 2. The summed E-state index contributed by atoms with van der Waals surface area (Å²) in [5.74, 6) is 0. The van der Waals surface area contributed by atoms with Gasteiger partial charge in [-0.3, -0.25) is 0 Å². The molecule has 1 fully saturated rings. The summed E-state index contributed by atoms with van der Waals surface area (Å²) in [6.45, 7) is 3.70. The van der Waals surface area contributed by atoms with Crippen molar-refractivity contribution in [2.45, 2.75) is 6.54 Å². The van der Waals surface area contributed by atoms with Gasteiger partial charge in [-0.05, 0) is 29.6 Å². The first kappa shape index (κ1) is 15.2. The van der Waals surface area contributed by atoms with Gasteiger partial charge in [-0.15, -0.1) is 11.3 Å². The highest BCUT2D eigenvalue weighted by atomic mass is 35.5. The van der Waals surface area contributed by atoms with Crippen LogP contribution in [0, 0.1) is 0 Å². The zero-order valence-electron chi connectivity index (χ0n) is 12.2. The second-order valence-corrected chi connectivity index (χ2v) is 6.66. The molecule has 3 rings (SSSR count). The van der Waals surface area contributed by atoms with Gasteiger partial charge in [-0.25, -0.2) is 4.79 Å². The average Bonchev–Trinajstić information content (AvgIpc) is 3.06. The largest absolute Gasteiger partial charge is 0.368 e. The summed E-state index contributed by atoms with van der Waals surface area (Å²) in [4.78, 5) is 17.5. The third-order valence-corrected chi connectivity index (χ3v) is 4.85. The van der Waals surface area contributed by atoms with Crippen molar-refractivity contribution in [2.24, 2.45) is 0 Å². The quantitative estimate of drug-likeness (QED) is 0.932. The average molecular weight is 336 g/mol. The number of hydrogen-bond acceptors (Lipinski definition) is 3. The van der Waals surface area contributed by atoms with E-state index in [4.69, 9.17) is 11.6 Å². The molecule has 1 aromatic carbocycles. The molecule has 6 heteroatoms. The van der Waals surface area contributed by atoms with Gasteiger partial charge in [0.1, 0.15) is 0 Å². The van der Waals surface area contributed by atoms with Gasteiger partial charge in [0.25, 0.3) is 0 Å². The van der Waals surface area contributed by atoms with Gasteiger partial charge in [-0.2, -0.15) is 0 Å². The predicted molar refractivity (Wildman–Crippen MR) is 91.8 cm³/mol. The summed E-state index contributed by atoms with van der Waals surface area (Å²) < 4.78 is 0. The van der Waals surface area contributed by atoms with Crippen molar-refractivity contribution < 1.29 is 4.79 Å². The van der Waals surface area contributed by atoms with E-state index in [0.29, 0.717) is 6.54 Å². The molecule has 0 radical (unpaired) electrons. The molecule has 0 atom stereocenters. The van der Waals surface area contributed by atoms with Crippen molar-refractivity contribution >= 4 is 34.7 Å². The van der Waals surface area contributed by atoms with Crippen LogP contribution in [0.3, 0.4) is 0 Å². The molecule has 22 heavy (non-hydrogen) atoms. The molecule has 1 N–H and O–H groups in total. The van der Waals surface area contributed by atoms with E-state index >= 15 is 0 Å². The maximum absolute atomic E-state index is 12.2. The zero-order chi connectivity index (χ0) is 15.4. The number of rotatable bonds is 3. The minimum Gasteiger partial charge on any atom is -0.368 e. The predicted octanol–water partition coefficient (Wildman–Crippen LogP) is 3.43. The Morgan fingerprint density at radius 2 is 2.00 bits per heavy atom. The Morgan fingerprint density at radius 3 is 2.68 bits per heavy atom. The van der Waals surface area contributed by atoms with Gasteiger partial charge in [0, 0.05) is 41.8 Å². The lowest BCUT2D eigenvalue weighted by Crippen LogP contribution is -2.51. The standard InChI is InChI=1S/C16H18ClN3OS/c17-13-3-1-4-14(11-13)19-6-8-20(9-7-19)16(21)18-12-15-5-2-10-22-15/h1-5,10-11H,6-9,12H2,(H,18,21). The summed E-state index contributed by atoms with van der Waals surface area (Å²) >= 11 is 7.69. The molecule has 1 aliphatic rings. The monoisotopic (exact) mass is 335 g/mol. The van der Waals surface area contributed by atoms with Crippen LogP contribution in [0.1, 0.15) is 4.88 Å². The van der Waals surface area contributed by atoms with E-state index in [1.165, 1.54) is 4.88 Å². The Bertz CT molecular complexity index is 624. The molecule has 1 aromatic heterocycles. The minimum absolute atomic E-state index is 0.0131. The van der Waals surface area contributed by atoms with E-state index in [-0.39, 0.29) is 6.03 Å². The van der Waals surface area contributed by atoms with Crippen LogP contribution in [0.4, 0.5) is 10.5 Å². The summed E-state index contributed by atoms with van der Waals surface area (Å²) in [6, 6.07) is 11.9. The van der Waals surface area contributed by atoms with Gasteiger partial charge < -0.3 is 15.1 Å². The number of urea groups is 1. The smallest absolute Gasteiger partial charge is 0.317 e. The SMILES string of the molecule is O=C(NCc1cccs1)N1CCN(c2cccc(Cl)c2)CC1. The van der Waals surface area contributed by atoms with Crippen molar-refractivity contribution in [2.75, 3.05) is 31.1 Å². The number of piperazine rings is 1. The lowest BCUT2D eigenvalue weighted by Gasteiger charge is -2.36. The lowest BCUT2D eigenvalue weighted by atomic mass is 10.2. The Labute approximate surface area is 139 Å². The fraction of sp³-hybridized carbons (Fsp3) is 0.312. The van der Waals surface area contributed by atoms with Crippen LogP contribution in [0.15, 0.2) is 41.8 Å². The van der Waals surface area contributed by atoms with Crippen LogP contribution < -0.4 is 10.2 Å². The van der Waals surface area contributed by atoms with Gasteiger partial charge >= 0.3 is 6.03 Å². The normalized spacial score (nSPS) is 15.0. The number of nitrogens with one attached hydrogen (secondary N) is 1. The van der Waals surface area contributed by atoms with Crippen molar-refractivity contribution in [3.05, 3.63) is 51.7 Å². The molecule has 1 saturated heterocycles. The highest BCUT2D eigenvalue weighted by molar-refractivity contribution is 7.09. The maximum atomic E-state index is 12.2. The number of hydrogen-bond donors (Lipinski definition) is 1. The van der Waals surface area contributed by atoms with Crippen LogP contribution in [0.5, 0.6) is 0 Å². The molecule has 4 nitrogen and oxygen atoms in total.